The molecule has 3 N–H and O–H groups in total. The standard InChI is InChI=1S/C25H32N2O3/c1-6-8-9-21(18-10-13-23(29-4)24(16-18)30-5)25(28)27-20-11-12-22(26)19(15-20)14-17(3)7-2/h6,8,10-16,21H,7,9,26H2,1-5H3,(H,27,28)/b8-6-,17-14+. The Balaban J connectivity index is 2.33. The Morgan fingerprint density at radius 3 is 2.50 bits per heavy atom. The number of hydrogen-bond acceptors (Lipinski definition) is 4. The van der Waals surface area contributed by atoms with Gasteiger partial charge in [0.2, 0.25) is 5.91 Å². The molecule has 1 unspecified atom stereocenters. The lowest BCUT2D eigenvalue weighted by atomic mass is 9.94. The van der Waals surface area contributed by atoms with Gasteiger partial charge in [0.15, 0.2) is 11.5 Å². The summed E-state index contributed by atoms with van der Waals surface area (Å²) in [6.07, 6.45) is 7.51. The number of amides is 1. The molecule has 1 amide bonds. The molecule has 2 rings (SSSR count). The first-order valence-electron chi connectivity index (χ1n) is 10.1. The van der Waals surface area contributed by atoms with Gasteiger partial charge in [0.1, 0.15) is 0 Å². The highest BCUT2D eigenvalue weighted by Gasteiger charge is 2.21. The summed E-state index contributed by atoms with van der Waals surface area (Å²) in [5, 5.41) is 3.04. The second kappa shape index (κ2) is 11.1. The van der Waals surface area contributed by atoms with Gasteiger partial charge in [-0.3, -0.25) is 4.79 Å². The molecule has 0 saturated heterocycles. The zero-order chi connectivity index (χ0) is 22.1. The van der Waals surface area contributed by atoms with E-state index in [0.717, 1.165) is 23.2 Å². The van der Waals surface area contributed by atoms with Gasteiger partial charge in [-0.25, -0.2) is 0 Å². The van der Waals surface area contributed by atoms with E-state index in [1.54, 1.807) is 14.2 Å². The van der Waals surface area contributed by atoms with E-state index < -0.39 is 0 Å². The van der Waals surface area contributed by atoms with Gasteiger partial charge in [0.05, 0.1) is 20.1 Å². The number of ether oxygens (including phenoxy) is 2. The first-order chi connectivity index (χ1) is 14.4. The Kier molecular flexibility index (Phi) is 8.54. The Morgan fingerprint density at radius 2 is 1.87 bits per heavy atom. The molecule has 0 aliphatic carbocycles. The third-order valence-electron chi connectivity index (χ3n) is 5.05. The molecule has 0 heterocycles. The lowest BCUT2D eigenvalue weighted by molar-refractivity contribution is -0.117. The molecule has 0 spiro atoms. The van der Waals surface area contributed by atoms with E-state index in [9.17, 15) is 4.79 Å². The van der Waals surface area contributed by atoms with Crippen molar-refractivity contribution in [1.29, 1.82) is 0 Å². The molecule has 0 radical (unpaired) electrons. The topological polar surface area (TPSA) is 73.6 Å². The van der Waals surface area contributed by atoms with Gasteiger partial charge in [-0.2, -0.15) is 0 Å². The van der Waals surface area contributed by atoms with E-state index in [4.69, 9.17) is 15.2 Å². The summed E-state index contributed by atoms with van der Waals surface area (Å²) in [7, 11) is 3.18. The van der Waals surface area contributed by atoms with Gasteiger partial charge in [-0.05, 0) is 68.1 Å². The number of allylic oxidation sites excluding steroid dienone is 3. The van der Waals surface area contributed by atoms with Crippen molar-refractivity contribution in [3.63, 3.8) is 0 Å². The van der Waals surface area contributed by atoms with Crippen LogP contribution in [0.2, 0.25) is 0 Å². The molecule has 0 aliphatic rings. The summed E-state index contributed by atoms with van der Waals surface area (Å²) >= 11 is 0. The molecular formula is C25H32N2O3. The van der Waals surface area contributed by atoms with Gasteiger partial charge in [0, 0.05) is 11.4 Å². The molecule has 0 aliphatic heterocycles. The number of hydrogen-bond donors (Lipinski definition) is 2. The minimum Gasteiger partial charge on any atom is -0.493 e. The molecule has 2 aromatic carbocycles. The number of methoxy groups -OCH3 is 2. The maximum Gasteiger partial charge on any atom is 0.232 e. The summed E-state index contributed by atoms with van der Waals surface area (Å²) in [5.74, 6) is 0.776. The summed E-state index contributed by atoms with van der Waals surface area (Å²) in [5.41, 5.74) is 10.5. The Labute approximate surface area is 179 Å². The minimum atomic E-state index is -0.366. The number of carbonyl (C=O) groups excluding carboxylic acids is 1. The van der Waals surface area contributed by atoms with Crippen LogP contribution in [-0.4, -0.2) is 20.1 Å². The highest BCUT2D eigenvalue weighted by atomic mass is 16.5. The quantitative estimate of drug-likeness (QED) is 0.407. The maximum atomic E-state index is 13.2. The van der Waals surface area contributed by atoms with E-state index in [0.29, 0.717) is 23.6 Å². The molecule has 0 aromatic heterocycles. The highest BCUT2D eigenvalue weighted by Crippen LogP contribution is 2.33. The molecular weight excluding hydrogens is 376 g/mol. The fourth-order valence-corrected chi connectivity index (χ4v) is 3.11. The number of carbonyl (C=O) groups is 1. The van der Waals surface area contributed by atoms with Gasteiger partial charge >= 0.3 is 0 Å². The van der Waals surface area contributed by atoms with Crippen molar-refractivity contribution in [2.24, 2.45) is 0 Å². The van der Waals surface area contributed by atoms with Crippen LogP contribution in [0, 0.1) is 0 Å². The van der Waals surface area contributed by atoms with Crippen LogP contribution in [0.15, 0.2) is 54.1 Å². The zero-order valence-corrected chi connectivity index (χ0v) is 18.5. The maximum absolute atomic E-state index is 13.2. The van der Waals surface area contributed by atoms with E-state index in [-0.39, 0.29) is 11.8 Å². The molecule has 0 saturated carbocycles. The number of benzene rings is 2. The largest absolute Gasteiger partial charge is 0.493 e. The van der Waals surface area contributed by atoms with Gasteiger partial charge in [-0.15, -0.1) is 0 Å². The molecule has 160 valence electrons. The molecule has 2 aromatic rings. The van der Waals surface area contributed by atoms with Crippen molar-refractivity contribution < 1.29 is 14.3 Å². The van der Waals surface area contributed by atoms with Gasteiger partial charge < -0.3 is 20.5 Å². The molecule has 1 atom stereocenters. The van der Waals surface area contributed by atoms with Crippen molar-refractivity contribution >= 4 is 23.4 Å². The average Bonchev–Trinajstić information content (AvgIpc) is 2.75. The molecule has 0 bridgehead atoms. The Bertz CT molecular complexity index is 932. The number of rotatable bonds is 9. The first kappa shape index (κ1) is 23.1. The fourth-order valence-electron chi connectivity index (χ4n) is 3.11. The van der Waals surface area contributed by atoms with Crippen molar-refractivity contribution in [3.05, 3.63) is 65.3 Å². The highest BCUT2D eigenvalue weighted by molar-refractivity contribution is 5.96. The van der Waals surface area contributed by atoms with Crippen LogP contribution in [0.3, 0.4) is 0 Å². The number of anilines is 2. The molecule has 5 heteroatoms. The third kappa shape index (κ3) is 5.89. The van der Waals surface area contributed by atoms with E-state index in [2.05, 4.69) is 25.2 Å². The van der Waals surface area contributed by atoms with Gasteiger partial charge in [0.25, 0.3) is 0 Å². The van der Waals surface area contributed by atoms with E-state index in [1.807, 2.05) is 55.5 Å². The van der Waals surface area contributed by atoms with Crippen LogP contribution in [0.1, 0.15) is 50.7 Å². The monoisotopic (exact) mass is 408 g/mol. The number of nitrogens with one attached hydrogen (secondary N) is 1. The third-order valence-corrected chi connectivity index (χ3v) is 5.05. The number of nitrogen functional groups attached to an aromatic ring is 1. The fraction of sp³-hybridized carbons (Fsp3) is 0.320. The van der Waals surface area contributed by atoms with Crippen LogP contribution in [0.4, 0.5) is 11.4 Å². The van der Waals surface area contributed by atoms with Crippen LogP contribution in [-0.2, 0) is 4.79 Å². The smallest absolute Gasteiger partial charge is 0.232 e. The predicted octanol–water partition coefficient (Wildman–Crippen LogP) is 5.79. The van der Waals surface area contributed by atoms with Crippen molar-refractivity contribution in [1.82, 2.24) is 0 Å². The molecule has 5 nitrogen and oxygen atoms in total. The number of nitrogens with two attached hydrogens (primary N) is 1. The van der Waals surface area contributed by atoms with Crippen LogP contribution < -0.4 is 20.5 Å². The zero-order valence-electron chi connectivity index (χ0n) is 18.5. The SMILES string of the molecule is C/C=C\CC(C(=O)Nc1ccc(N)c(/C=C(\C)CC)c1)c1ccc(OC)c(OC)c1. The van der Waals surface area contributed by atoms with Crippen LogP contribution >= 0.6 is 0 Å². The second-order valence-corrected chi connectivity index (χ2v) is 7.15. The Hall–Kier alpha value is -3.21. The lowest BCUT2D eigenvalue weighted by Crippen LogP contribution is -2.21. The van der Waals surface area contributed by atoms with Crippen LogP contribution in [0.5, 0.6) is 11.5 Å². The second-order valence-electron chi connectivity index (χ2n) is 7.15. The van der Waals surface area contributed by atoms with E-state index in [1.165, 1.54) is 5.57 Å². The normalized spacial score (nSPS) is 12.6. The minimum absolute atomic E-state index is 0.0905. The Morgan fingerprint density at radius 1 is 1.13 bits per heavy atom. The van der Waals surface area contributed by atoms with Gasteiger partial charge in [-0.1, -0.05) is 36.8 Å². The average molecular weight is 409 g/mol. The molecule has 0 fully saturated rings. The summed E-state index contributed by atoms with van der Waals surface area (Å²) in [6, 6.07) is 11.1. The summed E-state index contributed by atoms with van der Waals surface area (Å²) in [4.78, 5) is 13.2. The van der Waals surface area contributed by atoms with Crippen LogP contribution in [0.25, 0.3) is 6.08 Å². The molecule has 30 heavy (non-hydrogen) atoms. The van der Waals surface area contributed by atoms with Crippen molar-refractivity contribution in [2.45, 2.75) is 39.5 Å². The van der Waals surface area contributed by atoms with Crippen molar-refractivity contribution in [3.8, 4) is 11.5 Å². The summed E-state index contributed by atoms with van der Waals surface area (Å²) < 4.78 is 10.7. The van der Waals surface area contributed by atoms with Crippen molar-refractivity contribution in [2.75, 3.05) is 25.3 Å². The first-order valence-corrected chi connectivity index (χ1v) is 10.1. The lowest BCUT2D eigenvalue weighted by Gasteiger charge is -2.18. The predicted molar refractivity (Wildman–Crippen MR) is 125 cm³/mol. The summed E-state index contributed by atoms with van der Waals surface area (Å²) in [6.45, 7) is 6.11. The van der Waals surface area contributed by atoms with E-state index >= 15 is 0 Å².